The van der Waals surface area contributed by atoms with Crippen LogP contribution >= 0.6 is 27.3 Å². The van der Waals surface area contributed by atoms with Crippen LogP contribution in [0, 0.1) is 6.92 Å². The van der Waals surface area contributed by atoms with Crippen LogP contribution in [0.4, 0.5) is 0 Å². The van der Waals surface area contributed by atoms with E-state index in [2.05, 4.69) is 15.9 Å². The predicted octanol–water partition coefficient (Wildman–Crippen LogP) is 3.67. The summed E-state index contributed by atoms with van der Waals surface area (Å²) < 4.78 is 11.7. The molecule has 1 aromatic heterocycles. The standard InChI is InChI=1S/C17H18BrNO4S/c1-3-22-17(21)15-14(12-7-9(18)8(2)24-12)13-10(20)5-4-6-11(13)23-16(15)19/h7,14H,3-6,19H2,1-2H3/t14-/m1/s1. The lowest BCUT2D eigenvalue weighted by molar-refractivity contribution is -0.139. The van der Waals surface area contributed by atoms with Gasteiger partial charge in [0.2, 0.25) is 5.88 Å². The van der Waals surface area contributed by atoms with Crippen molar-refractivity contribution in [3.05, 3.63) is 43.1 Å². The Morgan fingerprint density at radius 2 is 2.25 bits per heavy atom. The molecule has 0 bridgehead atoms. The summed E-state index contributed by atoms with van der Waals surface area (Å²) in [6, 6.07) is 1.94. The summed E-state index contributed by atoms with van der Waals surface area (Å²) in [6.45, 7) is 3.94. The lowest BCUT2D eigenvalue weighted by Gasteiger charge is -2.31. The molecule has 0 saturated heterocycles. The van der Waals surface area contributed by atoms with Crippen LogP contribution in [0.3, 0.4) is 0 Å². The van der Waals surface area contributed by atoms with Gasteiger partial charge in [0.05, 0.1) is 12.5 Å². The van der Waals surface area contributed by atoms with Crippen molar-refractivity contribution in [2.75, 3.05) is 6.61 Å². The smallest absolute Gasteiger partial charge is 0.340 e. The molecule has 0 unspecified atom stereocenters. The van der Waals surface area contributed by atoms with Gasteiger partial charge in [-0.05, 0) is 42.3 Å². The van der Waals surface area contributed by atoms with Crippen LogP contribution in [0.25, 0.3) is 0 Å². The zero-order valence-corrected chi connectivity index (χ0v) is 15.9. The van der Waals surface area contributed by atoms with Gasteiger partial charge in [-0.1, -0.05) is 0 Å². The zero-order chi connectivity index (χ0) is 17.4. The van der Waals surface area contributed by atoms with E-state index in [0.29, 0.717) is 24.2 Å². The van der Waals surface area contributed by atoms with Crippen molar-refractivity contribution in [1.29, 1.82) is 0 Å². The molecule has 0 fully saturated rings. The summed E-state index contributed by atoms with van der Waals surface area (Å²) in [5.41, 5.74) is 6.81. The fourth-order valence-electron chi connectivity index (χ4n) is 3.07. The first-order valence-corrected chi connectivity index (χ1v) is 9.41. The maximum atomic E-state index is 12.6. The second-order valence-corrected chi connectivity index (χ2v) is 7.84. The van der Waals surface area contributed by atoms with Gasteiger partial charge in [-0.15, -0.1) is 11.3 Å². The van der Waals surface area contributed by atoms with Gasteiger partial charge in [-0.3, -0.25) is 4.79 Å². The Morgan fingerprint density at radius 3 is 2.88 bits per heavy atom. The Kier molecular flexibility index (Phi) is 4.83. The monoisotopic (exact) mass is 411 g/mol. The fraction of sp³-hybridized carbons (Fsp3) is 0.412. The summed E-state index contributed by atoms with van der Waals surface area (Å²) in [6.07, 6.45) is 1.85. The molecule has 1 aromatic rings. The van der Waals surface area contributed by atoms with Gasteiger partial charge < -0.3 is 15.2 Å². The van der Waals surface area contributed by atoms with Crippen LogP contribution in [0.5, 0.6) is 0 Å². The molecular weight excluding hydrogens is 394 g/mol. The van der Waals surface area contributed by atoms with E-state index in [1.54, 1.807) is 6.92 Å². The lowest BCUT2D eigenvalue weighted by Crippen LogP contribution is -2.31. The molecule has 2 heterocycles. The van der Waals surface area contributed by atoms with Crippen LogP contribution in [0.2, 0.25) is 0 Å². The number of allylic oxidation sites excluding steroid dienone is 2. The largest absolute Gasteiger partial charge is 0.462 e. The molecule has 0 radical (unpaired) electrons. The second kappa shape index (κ2) is 6.72. The van der Waals surface area contributed by atoms with Crippen molar-refractivity contribution in [2.24, 2.45) is 5.73 Å². The van der Waals surface area contributed by atoms with Crippen molar-refractivity contribution >= 4 is 39.0 Å². The first-order chi connectivity index (χ1) is 11.4. The molecule has 0 aromatic carbocycles. The van der Waals surface area contributed by atoms with Crippen LogP contribution in [0.1, 0.15) is 41.9 Å². The molecule has 0 saturated carbocycles. The summed E-state index contributed by atoms with van der Waals surface area (Å²) in [5.74, 6) is -0.418. The van der Waals surface area contributed by atoms with Crippen LogP contribution < -0.4 is 5.73 Å². The van der Waals surface area contributed by atoms with E-state index in [-0.39, 0.29) is 23.8 Å². The summed E-state index contributed by atoms with van der Waals surface area (Å²) in [5, 5.41) is 0. The third kappa shape index (κ3) is 2.91. The highest BCUT2D eigenvalue weighted by atomic mass is 79.9. The highest BCUT2D eigenvalue weighted by Gasteiger charge is 2.42. The first kappa shape index (κ1) is 17.2. The minimum atomic E-state index is -0.535. The average Bonchev–Trinajstić information content (AvgIpc) is 2.85. The number of aryl methyl sites for hydroxylation is 1. The summed E-state index contributed by atoms with van der Waals surface area (Å²) >= 11 is 5.04. The molecule has 7 heteroatoms. The fourth-order valence-corrected chi connectivity index (χ4v) is 4.75. The van der Waals surface area contributed by atoms with Gasteiger partial charge in [0.1, 0.15) is 11.3 Å². The van der Waals surface area contributed by atoms with Gasteiger partial charge in [-0.25, -0.2) is 4.79 Å². The maximum absolute atomic E-state index is 12.6. The Hall–Kier alpha value is -1.60. The number of halogens is 1. The molecule has 1 aliphatic heterocycles. The quantitative estimate of drug-likeness (QED) is 0.767. The van der Waals surface area contributed by atoms with E-state index in [4.69, 9.17) is 15.2 Å². The van der Waals surface area contributed by atoms with E-state index in [1.165, 1.54) is 11.3 Å². The van der Waals surface area contributed by atoms with E-state index >= 15 is 0 Å². The topological polar surface area (TPSA) is 78.6 Å². The van der Waals surface area contributed by atoms with Crippen LogP contribution in [-0.4, -0.2) is 18.4 Å². The average molecular weight is 412 g/mol. The molecule has 1 atom stereocenters. The molecule has 24 heavy (non-hydrogen) atoms. The van der Waals surface area contributed by atoms with Gasteiger partial charge in [0, 0.05) is 32.6 Å². The van der Waals surface area contributed by atoms with E-state index < -0.39 is 11.9 Å². The number of thiophene rings is 1. The Morgan fingerprint density at radius 1 is 1.50 bits per heavy atom. The number of Topliss-reactive ketones (excluding diaryl/α,β-unsaturated/α-hetero) is 1. The third-order valence-corrected chi connectivity index (χ3v) is 6.34. The highest BCUT2D eigenvalue weighted by molar-refractivity contribution is 9.10. The minimum Gasteiger partial charge on any atom is -0.462 e. The van der Waals surface area contributed by atoms with Crippen molar-refractivity contribution < 1.29 is 19.1 Å². The minimum absolute atomic E-state index is 0.0118. The molecule has 2 N–H and O–H groups in total. The van der Waals surface area contributed by atoms with Gasteiger partial charge in [0.15, 0.2) is 5.78 Å². The van der Waals surface area contributed by atoms with E-state index in [0.717, 1.165) is 20.6 Å². The summed E-state index contributed by atoms with van der Waals surface area (Å²) in [4.78, 5) is 27.0. The Labute approximate surface area is 152 Å². The number of hydrogen-bond donors (Lipinski definition) is 1. The second-order valence-electron chi connectivity index (χ2n) is 5.70. The number of nitrogens with two attached hydrogens (primary N) is 1. The highest BCUT2D eigenvalue weighted by Crippen LogP contribution is 2.47. The number of hydrogen-bond acceptors (Lipinski definition) is 6. The number of ether oxygens (including phenoxy) is 2. The van der Waals surface area contributed by atoms with Gasteiger partial charge in [0.25, 0.3) is 0 Å². The third-order valence-electron chi connectivity index (χ3n) is 4.14. The van der Waals surface area contributed by atoms with Crippen molar-refractivity contribution in [3.8, 4) is 0 Å². The molecule has 0 amide bonds. The number of carbonyl (C=O) groups is 2. The van der Waals surface area contributed by atoms with E-state index in [1.807, 2.05) is 13.0 Å². The first-order valence-electron chi connectivity index (χ1n) is 7.80. The van der Waals surface area contributed by atoms with Crippen molar-refractivity contribution in [3.63, 3.8) is 0 Å². The molecule has 5 nitrogen and oxygen atoms in total. The molecule has 128 valence electrons. The van der Waals surface area contributed by atoms with Crippen molar-refractivity contribution in [1.82, 2.24) is 0 Å². The van der Waals surface area contributed by atoms with E-state index in [9.17, 15) is 9.59 Å². The Bertz CT molecular complexity index is 758. The number of rotatable bonds is 3. The Balaban J connectivity index is 2.17. The normalized spacial score (nSPS) is 20.8. The molecular formula is C17H18BrNO4S. The predicted molar refractivity (Wildman–Crippen MR) is 94.3 cm³/mol. The SMILES string of the molecule is CCOC(=O)C1=C(N)OC2=C(C(=O)CCC2)[C@H]1c1cc(Br)c(C)s1. The van der Waals surface area contributed by atoms with Crippen LogP contribution in [-0.2, 0) is 19.1 Å². The van der Waals surface area contributed by atoms with Gasteiger partial charge >= 0.3 is 5.97 Å². The van der Waals surface area contributed by atoms with Crippen molar-refractivity contribution in [2.45, 2.75) is 39.0 Å². The number of esters is 1. The molecule has 3 rings (SSSR count). The maximum Gasteiger partial charge on any atom is 0.340 e. The van der Waals surface area contributed by atoms with Crippen LogP contribution in [0.15, 0.2) is 33.3 Å². The summed E-state index contributed by atoms with van der Waals surface area (Å²) in [7, 11) is 0. The molecule has 1 aliphatic carbocycles. The number of carbonyl (C=O) groups excluding carboxylic acids is 2. The lowest BCUT2D eigenvalue weighted by atomic mass is 9.80. The zero-order valence-electron chi connectivity index (χ0n) is 13.5. The molecule has 0 spiro atoms. The number of ketones is 1. The van der Waals surface area contributed by atoms with Gasteiger partial charge in [-0.2, -0.15) is 0 Å². The molecule has 2 aliphatic rings.